The Morgan fingerprint density at radius 3 is 2.64 bits per heavy atom. The van der Waals surface area contributed by atoms with Crippen LogP contribution in [0.1, 0.15) is 49.3 Å². The van der Waals surface area contributed by atoms with E-state index in [4.69, 9.17) is 0 Å². The summed E-state index contributed by atoms with van der Waals surface area (Å²) in [6, 6.07) is 8.85. The maximum Gasteiger partial charge on any atom is 0.121 e. The van der Waals surface area contributed by atoms with Crippen molar-refractivity contribution in [1.82, 2.24) is 0 Å². The minimum absolute atomic E-state index is 0.0743. The van der Waals surface area contributed by atoms with Crippen molar-refractivity contribution in [2.24, 2.45) is 5.92 Å². The van der Waals surface area contributed by atoms with E-state index < -0.39 is 12.2 Å². The molecule has 3 nitrogen and oxygen atoms in total. The van der Waals surface area contributed by atoms with Gasteiger partial charge in [0.1, 0.15) is 5.75 Å². The summed E-state index contributed by atoms with van der Waals surface area (Å²) in [5.41, 5.74) is 4.72. The molecule has 0 bridgehead atoms. The van der Waals surface area contributed by atoms with Crippen molar-refractivity contribution in [1.29, 1.82) is 0 Å². The molecule has 1 aromatic heterocycles. The SMILES string of the molecule is CC(C)C(=C=CC[C@@H](O)c1cc(Br)ccc1O)C[C@@H](O)c1cccs1. The van der Waals surface area contributed by atoms with Crippen LogP contribution in [0.4, 0.5) is 0 Å². The average molecular weight is 423 g/mol. The van der Waals surface area contributed by atoms with E-state index in [1.54, 1.807) is 35.6 Å². The molecule has 2 rings (SSSR count). The molecule has 0 aliphatic carbocycles. The van der Waals surface area contributed by atoms with Crippen LogP contribution >= 0.6 is 27.3 Å². The van der Waals surface area contributed by atoms with Gasteiger partial charge in [-0.3, -0.25) is 0 Å². The largest absolute Gasteiger partial charge is 0.508 e. The summed E-state index contributed by atoms with van der Waals surface area (Å²) in [5, 5.41) is 32.5. The first-order valence-corrected chi connectivity index (χ1v) is 9.87. The molecule has 0 aliphatic heterocycles. The maximum atomic E-state index is 10.3. The minimum atomic E-state index is -0.805. The normalized spacial score (nSPS) is 13.4. The van der Waals surface area contributed by atoms with E-state index in [1.807, 2.05) is 17.5 Å². The third-order valence-corrected chi connectivity index (χ3v) is 5.43. The molecule has 134 valence electrons. The molecule has 5 heteroatoms. The van der Waals surface area contributed by atoms with Crippen molar-refractivity contribution in [3.63, 3.8) is 0 Å². The molecule has 0 amide bonds. The van der Waals surface area contributed by atoms with Crippen molar-refractivity contribution in [3.8, 4) is 5.75 Å². The number of rotatable bonds is 7. The highest BCUT2D eigenvalue weighted by molar-refractivity contribution is 9.10. The molecule has 0 fully saturated rings. The van der Waals surface area contributed by atoms with Crippen molar-refractivity contribution in [2.75, 3.05) is 0 Å². The topological polar surface area (TPSA) is 60.7 Å². The summed E-state index contributed by atoms with van der Waals surface area (Å²) >= 11 is 4.88. The molecule has 0 saturated carbocycles. The molecule has 2 aromatic rings. The van der Waals surface area contributed by atoms with Crippen LogP contribution in [0.5, 0.6) is 5.75 Å². The highest BCUT2D eigenvalue weighted by Crippen LogP contribution is 2.30. The number of aliphatic hydroxyl groups is 2. The van der Waals surface area contributed by atoms with E-state index in [0.29, 0.717) is 18.4 Å². The van der Waals surface area contributed by atoms with Crippen LogP contribution in [0, 0.1) is 5.92 Å². The third kappa shape index (κ3) is 5.84. The van der Waals surface area contributed by atoms with Gasteiger partial charge in [-0.2, -0.15) is 0 Å². The highest BCUT2D eigenvalue weighted by Gasteiger charge is 2.14. The Hall–Kier alpha value is -1.36. The van der Waals surface area contributed by atoms with Gasteiger partial charge in [-0.05, 0) is 47.2 Å². The molecule has 0 saturated heterocycles. The first-order chi connectivity index (χ1) is 11.9. The molecule has 0 spiro atoms. The molecule has 3 N–H and O–H groups in total. The van der Waals surface area contributed by atoms with Crippen molar-refractivity contribution in [3.05, 3.63) is 68.0 Å². The van der Waals surface area contributed by atoms with Gasteiger partial charge in [-0.15, -0.1) is 17.1 Å². The summed E-state index contributed by atoms with van der Waals surface area (Å²) in [6.07, 6.45) is 1.31. The summed E-state index contributed by atoms with van der Waals surface area (Å²) in [6.45, 7) is 4.13. The Morgan fingerprint density at radius 1 is 1.24 bits per heavy atom. The van der Waals surface area contributed by atoms with E-state index in [-0.39, 0.29) is 11.7 Å². The second kappa shape index (κ2) is 9.37. The second-order valence-corrected chi connectivity index (χ2v) is 8.11. The van der Waals surface area contributed by atoms with Gasteiger partial charge in [0, 0.05) is 27.8 Å². The van der Waals surface area contributed by atoms with Crippen LogP contribution in [0.25, 0.3) is 0 Å². The Balaban J connectivity index is 2.09. The maximum absolute atomic E-state index is 10.3. The number of aliphatic hydroxyl groups excluding tert-OH is 2. The summed E-state index contributed by atoms with van der Waals surface area (Å²) in [4.78, 5) is 0.944. The summed E-state index contributed by atoms with van der Waals surface area (Å²) in [7, 11) is 0. The molecule has 2 atom stereocenters. The van der Waals surface area contributed by atoms with Gasteiger partial charge in [-0.25, -0.2) is 0 Å². The Morgan fingerprint density at radius 2 is 2.00 bits per heavy atom. The molecule has 25 heavy (non-hydrogen) atoms. The zero-order chi connectivity index (χ0) is 18.4. The number of hydrogen-bond acceptors (Lipinski definition) is 4. The Bertz CT molecular complexity index is 746. The fourth-order valence-electron chi connectivity index (χ4n) is 2.47. The molecular weight excluding hydrogens is 400 g/mol. The van der Waals surface area contributed by atoms with Crippen molar-refractivity contribution in [2.45, 2.75) is 38.9 Å². The fourth-order valence-corrected chi connectivity index (χ4v) is 3.56. The molecule has 0 aliphatic rings. The predicted octanol–water partition coefficient (Wildman–Crippen LogP) is 5.50. The lowest BCUT2D eigenvalue weighted by molar-refractivity contribution is 0.177. The van der Waals surface area contributed by atoms with Gasteiger partial charge in [0.25, 0.3) is 0 Å². The first kappa shape index (κ1) is 20.0. The minimum Gasteiger partial charge on any atom is -0.508 e. The van der Waals surface area contributed by atoms with Crippen molar-refractivity contribution >= 4 is 27.3 Å². The summed E-state index contributed by atoms with van der Waals surface area (Å²) in [5.74, 6) is 0.326. The standard InChI is InChI=1S/C20H23BrO3S/c1-13(2)14(11-19(24)20-7-4-10-25-20)5-3-6-17(22)16-12-15(21)8-9-18(16)23/h3-4,7-10,12-13,17,19,22-24H,6,11H2,1-2H3/t5?,17-,19-/m1/s1. The van der Waals surface area contributed by atoms with Crippen LogP contribution in [-0.2, 0) is 0 Å². The Labute approximate surface area is 161 Å². The van der Waals surface area contributed by atoms with E-state index in [0.717, 1.165) is 14.9 Å². The number of hydrogen-bond donors (Lipinski definition) is 3. The zero-order valence-corrected chi connectivity index (χ0v) is 16.7. The van der Waals surface area contributed by atoms with Crippen LogP contribution in [-0.4, -0.2) is 15.3 Å². The quantitative estimate of drug-likeness (QED) is 0.516. The Kier molecular flexibility index (Phi) is 7.48. The monoisotopic (exact) mass is 422 g/mol. The molecule has 1 aromatic carbocycles. The number of phenols is 1. The molecule has 1 heterocycles. The lowest BCUT2D eigenvalue weighted by Gasteiger charge is -2.14. The number of aromatic hydroxyl groups is 1. The van der Waals surface area contributed by atoms with E-state index in [9.17, 15) is 15.3 Å². The summed E-state index contributed by atoms with van der Waals surface area (Å²) < 4.78 is 0.806. The molecule has 0 radical (unpaired) electrons. The van der Waals surface area contributed by atoms with Gasteiger partial charge in [0.2, 0.25) is 0 Å². The van der Waals surface area contributed by atoms with Crippen LogP contribution in [0.3, 0.4) is 0 Å². The van der Waals surface area contributed by atoms with Gasteiger partial charge in [0.15, 0.2) is 0 Å². The first-order valence-electron chi connectivity index (χ1n) is 8.20. The van der Waals surface area contributed by atoms with E-state index >= 15 is 0 Å². The van der Waals surface area contributed by atoms with E-state index in [2.05, 4.69) is 35.5 Å². The number of phenolic OH excluding ortho intramolecular Hbond substituents is 1. The number of halogens is 1. The lowest BCUT2D eigenvalue weighted by atomic mass is 9.97. The van der Waals surface area contributed by atoms with Crippen LogP contribution in [0.2, 0.25) is 0 Å². The number of benzene rings is 1. The predicted molar refractivity (Wildman–Crippen MR) is 106 cm³/mol. The van der Waals surface area contributed by atoms with Gasteiger partial charge in [-0.1, -0.05) is 35.8 Å². The smallest absolute Gasteiger partial charge is 0.121 e. The van der Waals surface area contributed by atoms with Crippen molar-refractivity contribution < 1.29 is 15.3 Å². The third-order valence-electron chi connectivity index (χ3n) is 3.96. The fraction of sp³-hybridized carbons (Fsp3) is 0.350. The molecular formula is C20H23BrO3S. The van der Waals surface area contributed by atoms with E-state index in [1.165, 1.54) is 0 Å². The van der Waals surface area contributed by atoms with Crippen LogP contribution < -0.4 is 0 Å². The van der Waals surface area contributed by atoms with Crippen LogP contribution in [0.15, 0.2) is 57.6 Å². The second-order valence-electron chi connectivity index (χ2n) is 6.22. The molecule has 0 unspecified atom stereocenters. The van der Waals surface area contributed by atoms with Gasteiger partial charge >= 0.3 is 0 Å². The number of thiophene rings is 1. The lowest BCUT2D eigenvalue weighted by Crippen LogP contribution is -2.01. The highest BCUT2D eigenvalue weighted by atomic mass is 79.9. The van der Waals surface area contributed by atoms with Gasteiger partial charge < -0.3 is 15.3 Å². The average Bonchev–Trinajstić information content (AvgIpc) is 3.10. The van der Waals surface area contributed by atoms with Gasteiger partial charge in [0.05, 0.1) is 12.2 Å². The zero-order valence-electron chi connectivity index (χ0n) is 14.3.